The van der Waals surface area contributed by atoms with Crippen LogP contribution < -0.4 is 10.2 Å². The number of imide groups is 1. The van der Waals surface area contributed by atoms with Crippen molar-refractivity contribution in [2.24, 2.45) is 0 Å². The van der Waals surface area contributed by atoms with Crippen molar-refractivity contribution in [1.82, 2.24) is 15.3 Å². The minimum atomic E-state index is -0.421. The molecule has 0 atom stereocenters. The number of urea groups is 1. The molecule has 19 heavy (non-hydrogen) atoms. The Kier molecular flexibility index (Phi) is 2.79. The van der Waals surface area contributed by atoms with Crippen LogP contribution in [0.25, 0.3) is 10.9 Å². The fourth-order valence-corrected chi connectivity index (χ4v) is 2.11. The van der Waals surface area contributed by atoms with Crippen molar-refractivity contribution in [3.8, 4) is 0 Å². The smallest absolute Gasteiger partial charge is 0.294 e. The fraction of sp³-hybridized carbons (Fsp3) is 0.167. The molecule has 1 aromatic carbocycles. The number of nitrogens with zero attached hydrogens (tertiary/aromatic N) is 3. The van der Waals surface area contributed by atoms with Gasteiger partial charge in [0.1, 0.15) is 0 Å². The SMILES string of the molecule is O=C1CCN(c2ccc3cnc(Cl)nc3c2)C(=O)N1. The first-order valence-electron chi connectivity index (χ1n) is 5.67. The van der Waals surface area contributed by atoms with Crippen LogP contribution in [0.2, 0.25) is 5.28 Å². The number of aromatic nitrogens is 2. The van der Waals surface area contributed by atoms with Crippen LogP contribution in [0, 0.1) is 0 Å². The first kappa shape index (κ1) is 11.9. The van der Waals surface area contributed by atoms with E-state index in [4.69, 9.17) is 11.6 Å². The molecular formula is C12H9ClN4O2. The van der Waals surface area contributed by atoms with E-state index in [1.165, 1.54) is 4.90 Å². The molecule has 0 aliphatic carbocycles. The van der Waals surface area contributed by atoms with Crippen molar-refractivity contribution in [2.75, 3.05) is 11.4 Å². The van der Waals surface area contributed by atoms with Gasteiger partial charge in [0, 0.05) is 30.2 Å². The average molecular weight is 277 g/mol. The summed E-state index contributed by atoms with van der Waals surface area (Å²) in [5, 5.41) is 3.27. The molecule has 1 aliphatic heterocycles. The van der Waals surface area contributed by atoms with Crippen molar-refractivity contribution in [3.05, 3.63) is 29.7 Å². The van der Waals surface area contributed by atoms with Gasteiger partial charge >= 0.3 is 6.03 Å². The molecule has 0 spiro atoms. The molecule has 3 rings (SSSR count). The molecule has 0 unspecified atom stereocenters. The Hall–Kier alpha value is -2.21. The molecule has 1 aromatic heterocycles. The normalized spacial score (nSPS) is 15.7. The summed E-state index contributed by atoms with van der Waals surface area (Å²) >= 11 is 5.74. The van der Waals surface area contributed by atoms with Gasteiger partial charge in [0.05, 0.1) is 5.52 Å². The number of carbonyl (C=O) groups is 2. The van der Waals surface area contributed by atoms with Crippen LogP contribution in [0.5, 0.6) is 0 Å². The average Bonchev–Trinajstić information content (AvgIpc) is 2.38. The molecule has 0 saturated carbocycles. The molecule has 96 valence electrons. The molecule has 1 fully saturated rings. The fourth-order valence-electron chi connectivity index (χ4n) is 1.97. The summed E-state index contributed by atoms with van der Waals surface area (Å²) in [7, 11) is 0. The maximum absolute atomic E-state index is 11.7. The van der Waals surface area contributed by atoms with Gasteiger partial charge < -0.3 is 0 Å². The highest BCUT2D eigenvalue weighted by Crippen LogP contribution is 2.22. The van der Waals surface area contributed by atoms with E-state index in [9.17, 15) is 9.59 Å². The maximum Gasteiger partial charge on any atom is 0.328 e. The van der Waals surface area contributed by atoms with Gasteiger partial charge in [0.2, 0.25) is 11.2 Å². The topological polar surface area (TPSA) is 75.2 Å². The lowest BCUT2D eigenvalue weighted by Crippen LogP contribution is -2.49. The van der Waals surface area contributed by atoms with Crippen molar-refractivity contribution >= 4 is 40.1 Å². The molecule has 2 aromatic rings. The number of hydrogen-bond acceptors (Lipinski definition) is 4. The predicted molar refractivity (Wildman–Crippen MR) is 70.0 cm³/mol. The van der Waals surface area contributed by atoms with Gasteiger partial charge in [-0.3, -0.25) is 15.0 Å². The number of amides is 3. The number of carbonyl (C=O) groups excluding carboxylic acids is 2. The van der Waals surface area contributed by atoms with Crippen molar-refractivity contribution in [1.29, 1.82) is 0 Å². The minimum absolute atomic E-state index is 0.155. The zero-order chi connectivity index (χ0) is 13.4. The standard InChI is InChI=1S/C12H9ClN4O2/c13-11-14-6-7-1-2-8(5-9(7)15-11)17-4-3-10(18)16-12(17)19/h1-2,5-6H,3-4H2,(H,16,18,19). The number of fused-ring (bicyclic) bond motifs is 1. The van der Waals surface area contributed by atoms with E-state index in [0.717, 1.165) is 5.39 Å². The molecule has 7 heteroatoms. The largest absolute Gasteiger partial charge is 0.328 e. The predicted octanol–water partition coefficient (Wildman–Crippen LogP) is 1.73. The molecular weight excluding hydrogens is 268 g/mol. The van der Waals surface area contributed by atoms with Crippen LogP contribution in [0.4, 0.5) is 10.5 Å². The number of anilines is 1. The van der Waals surface area contributed by atoms with Crippen LogP contribution in [0.1, 0.15) is 6.42 Å². The van der Waals surface area contributed by atoms with E-state index < -0.39 is 6.03 Å². The maximum atomic E-state index is 11.7. The van der Waals surface area contributed by atoms with E-state index >= 15 is 0 Å². The molecule has 0 radical (unpaired) electrons. The molecule has 1 N–H and O–H groups in total. The Morgan fingerprint density at radius 1 is 1.32 bits per heavy atom. The van der Waals surface area contributed by atoms with Gasteiger partial charge in [-0.25, -0.2) is 14.8 Å². The quantitative estimate of drug-likeness (QED) is 0.805. The first-order chi connectivity index (χ1) is 9.13. The number of nitrogens with one attached hydrogen (secondary N) is 1. The number of halogens is 1. The summed E-state index contributed by atoms with van der Waals surface area (Å²) < 4.78 is 0. The van der Waals surface area contributed by atoms with E-state index in [2.05, 4.69) is 15.3 Å². The van der Waals surface area contributed by atoms with Crippen molar-refractivity contribution < 1.29 is 9.59 Å². The zero-order valence-corrected chi connectivity index (χ0v) is 10.5. The third-order valence-corrected chi connectivity index (χ3v) is 3.08. The van der Waals surface area contributed by atoms with E-state index in [1.807, 2.05) is 6.07 Å². The summed E-state index contributed by atoms with van der Waals surface area (Å²) in [6, 6.07) is 4.92. The lowest BCUT2D eigenvalue weighted by Gasteiger charge is -2.26. The van der Waals surface area contributed by atoms with Crippen molar-refractivity contribution in [3.63, 3.8) is 0 Å². The van der Waals surface area contributed by atoms with Crippen molar-refractivity contribution in [2.45, 2.75) is 6.42 Å². The second kappa shape index (κ2) is 4.47. The second-order valence-corrected chi connectivity index (χ2v) is 4.48. The van der Waals surface area contributed by atoms with Crippen LogP contribution in [-0.2, 0) is 4.79 Å². The van der Waals surface area contributed by atoms with Crippen LogP contribution in [0.15, 0.2) is 24.4 Å². The molecule has 3 amide bonds. The number of benzene rings is 1. The third-order valence-electron chi connectivity index (χ3n) is 2.90. The van der Waals surface area contributed by atoms with Gasteiger partial charge in [-0.15, -0.1) is 0 Å². The van der Waals surface area contributed by atoms with E-state index in [0.29, 0.717) is 17.7 Å². The number of rotatable bonds is 1. The van der Waals surface area contributed by atoms with Gasteiger partial charge in [-0.05, 0) is 29.8 Å². The van der Waals surface area contributed by atoms with E-state index in [1.54, 1.807) is 18.3 Å². The lowest BCUT2D eigenvalue weighted by atomic mass is 10.2. The van der Waals surface area contributed by atoms with E-state index in [-0.39, 0.29) is 17.6 Å². The minimum Gasteiger partial charge on any atom is -0.294 e. The van der Waals surface area contributed by atoms with Gasteiger partial charge in [0.25, 0.3) is 0 Å². The highest BCUT2D eigenvalue weighted by atomic mass is 35.5. The Morgan fingerprint density at radius 2 is 2.16 bits per heavy atom. The Morgan fingerprint density at radius 3 is 2.95 bits per heavy atom. The van der Waals surface area contributed by atoms with Gasteiger partial charge in [-0.1, -0.05) is 0 Å². The van der Waals surface area contributed by atoms with Crippen LogP contribution >= 0.6 is 11.6 Å². The first-order valence-corrected chi connectivity index (χ1v) is 6.05. The summed E-state index contributed by atoms with van der Waals surface area (Å²) in [6.07, 6.45) is 1.91. The Balaban J connectivity index is 2.01. The lowest BCUT2D eigenvalue weighted by molar-refractivity contribution is -0.120. The van der Waals surface area contributed by atoms with Crippen LogP contribution in [-0.4, -0.2) is 28.5 Å². The summed E-state index contributed by atoms with van der Waals surface area (Å²) in [5.74, 6) is -0.257. The highest BCUT2D eigenvalue weighted by Gasteiger charge is 2.24. The van der Waals surface area contributed by atoms with Gasteiger partial charge in [0.15, 0.2) is 0 Å². The summed E-state index contributed by atoms with van der Waals surface area (Å²) in [4.78, 5) is 32.3. The van der Waals surface area contributed by atoms with Gasteiger partial charge in [-0.2, -0.15) is 0 Å². The summed E-state index contributed by atoms with van der Waals surface area (Å²) in [5.41, 5.74) is 1.33. The summed E-state index contributed by atoms with van der Waals surface area (Å²) in [6.45, 7) is 0.356. The zero-order valence-electron chi connectivity index (χ0n) is 9.76. The molecule has 1 aliphatic rings. The Labute approximate surface area is 113 Å². The molecule has 2 heterocycles. The second-order valence-electron chi connectivity index (χ2n) is 4.14. The van der Waals surface area contributed by atoms with Crippen LogP contribution in [0.3, 0.4) is 0 Å². The Bertz CT molecular complexity index is 688. The number of hydrogen-bond donors (Lipinski definition) is 1. The monoisotopic (exact) mass is 276 g/mol. The molecule has 1 saturated heterocycles. The highest BCUT2D eigenvalue weighted by molar-refractivity contribution is 6.28. The molecule has 6 nitrogen and oxygen atoms in total. The third kappa shape index (κ3) is 2.22. The molecule has 0 bridgehead atoms.